The third kappa shape index (κ3) is 6.48. The predicted molar refractivity (Wildman–Crippen MR) is 153 cm³/mol. The molecular weight excluding hydrogens is 460 g/mol. The van der Waals surface area contributed by atoms with Crippen molar-refractivity contribution in [2.45, 2.75) is 13.1 Å². The molecule has 0 aliphatic carbocycles. The first kappa shape index (κ1) is 24.4. The van der Waals surface area contributed by atoms with Gasteiger partial charge >= 0.3 is 0 Å². The molecule has 0 saturated carbocycles. The molecule has 0 spiro atoms. The van der Waals surface area contributed by atoms with Crippen LogP contribution in [0.2, 0.25) is 0 Å². The maximum Gasteiger partial charge on any atom is 0.151 e. The highest BCUT2D eigenvalue weighted by molar-refractivity contribution is 5.71. The number of nitrogens with two attached hydrogens (primary N) is 1. The van der Waals surface area contributed by atoms with Crippen molar-refractivity contribution in [2.24, 2.45) is 0 Å². The van der Waals surface area contributed by atoms with Gasteiger partial charge in [0.1, 0.15) is 11.6 Å². The molecule has 1 aliphatic heterocycles. The van der Waals surface area contributed by atoms with Crippen LogP contribution in [-0.4, -0.2) is 48.1 Å². The van der Waals surface area contributed by atoms with Crippen LogP contribution in [0.4, 0.5) is 34.5 Å². The molecule has 0 radical (unpaired) electrons. The molecule has 1 aliphatic rings. The van der Waals surface area contributed by atoms with Gasteiger partial charge in [0, 0.05) is 51.2 Å². The lowest BCUT2D eigenvalue weighted by Gasteiger charge is -2.33. The van der Waals surface area contributed by atoms with Crippen molar-refractivity contribution in [1.29, 1.82) is 0 Å². The van der Waals surface area contributed by atoms with Crippen molar-refractivity contribution in [2.75, 3.05) is 59.8 Å². The zero-order valence-corrected chi connectivity index (χ0v) is 21.2. The second kappa shape index (κ2) is 11.6. The minimum Gasteiger partial charge on any atom is -0.396 e. The molecule has 0 atom stereocenters. The molecule has 37 heavy (non-hydrogen) atoms. The Morgan fingerprint density at radius 3 is 2.38 bits per heavy atom. The maximum atomic E-state index is 6.25. The first-order valence-electron chi connectivity index (χ1n) is 12.7. The van der Waals surface area contributed by atoms with Gasteiger partial charge in [0.15, 0.2) is 5.82 Å². The molecule has 8 nitrogen and oxygen atoms in total. The lowest BCUT2D eigenvalue weighted by atomic mass is 10.2. The van der Waals surface area contributed by atoms with Crippen molar-refractivity contribution in [3.63, 3.8) is 0 Å². The largest absolute Gasteiger partial charge is 0.396 e. The number of piperazine rings is 1. The van der Waals surface area contributed by atoms with Gasteiger partial charge in [-0.1, -0.05) is 42.5 Å². The highest BCUT2D eigenvalue weighted by atomic mass is 15.3. The zero-order chi connectivity index (χ0) is 25.5. The Kier molecular flexibility index (Phi) is 7.66. The van der Waals surface area contributed by atoms with Gasteiger partial charge in [-0.3, -0.25) is 0 Å². The van der Waals surface area contributed by atoms with Crippen LogP contribution in [0.5, 0.6) is 0 Å². The first-order valence-corrected chi connectivity index (χ1v) is 12.7. The van der Waals surface area contributed by atoms with Gasteiger partial charge in [-0.05, 0) is 54.6 Å². The quantitative estimate of drug-likeness (QED) is 0.264. The van der Waals surface area contributed by atoms with Crippen LogP contribution in [0.25, 0.3) is 0 Å². The van der Waals surface area contributed by atoms with E-state index in [0.717, 1.165) is 60.6 Å². The smallest absolute Gasteiger partial charge is 0.151 e. The van der Waals surface area contributed by atoms with Crippen LogP contribution in [0.15, 0.2) is 85.1 Å². The Hall–Kier alpha value is -4.30. The second-order valence-electron chi connectivity index (χ2n) is 9.32. The Morgan fingerprint density at radius 2 is 1.54 bits per heavy atom. The number of pyridine rings is 2. The predicted octanol–water partition coefficient (Wildman–Crippen LogP) is 4.78. The van der Waals surface area contributed by atoms with Crippen molar-refractivity contribution in [1.82, 2.24) is 14.9 Å². The molecule has 2 aromatic carbocycles. The molecule has 190 valence electrons. The van der Waals surface area contributed by atoms with Gasteiger partial charge in [0.25, 0.3) is 0 Å². The molecule has 3 heterocycles. The molecule has 1 saturated heterocycles. The van der Waals surface area contributed by atoms with E-state index in [0.29, 0.717) is 18.8 Å². The summed E-state index contributed by atoms with van der Waals surface area (Å²) in [4.78, 5) is 14.0. The van der Waals surface area contributed by atoms with Crippen LogP contribution in [-0.2, 0) is 13.1 Å². The molecule has 5 rings (SSSR count). The van der Waals surface area contributed by atoms with Gasteiger partial charge in [-0.2, -0.15) is 0 Å². The number of nitrogens with zero attached hydrogens (tertiary/aromatic N) is 4. The number of hydrogen-bond donors (Lipinski definition) is 4. The second-order valence-corrected chi connectivity index (χ2v) is 9.32. The average Bonchev–Trinajstić information content (AvgIpc) is 2.93. The molecule has 4 aromatic rings. The summed E-state index contributed by atoms with van der Waals surface area (Å²) in [6.07, 6.45) is 1.80. The number of hydrogen-bond acceptors (Lipinski definition) is 8. The van der Waals surface area contributed by atoms with E-state index >= 15 is 0 Å². The maximum absolute atomic E-state index is 6.25. The fraction of sp³-hybridized carbons (Fsp3) is 0.241. The molecule has 2 aromatic heterocycles. The fourth-order valence-corrected chi connectivity index (χ4v) is 4.34. The third-order valence-corrected chi connectivity index (χ3v) is 6.52. The van der Waals surface area contributed by atoms with Gasteiger partial charge in [-0.25, -0.2) is 9.97 Å². The minimum absolute atomic E-state index is 0.616. The molecule has 0 unspecified atom stereocenters. The number of aromatic nitrogens is 2. The highest BCUT2D eigenvalue weighted by Gasteiger charge is 2.16. The summed E-state index contributed by atoms with van der Waals surface area (Å²) in [5.74, 6) is 2.49. The Bertz CT molecular complexity index is 1300. The lowest BCUT2D eigenvalue weighted by Crippen LogP contribution is -2.44. The summed E-state index contributed by atoms with van der Waals surface area (Å²) in [7, 11) is 2.15. The number of likely N-dealkylation sites (N-methyl/N-ethyl adjacent to an activating group) is 1. The summed E-state index contributed by atoms with van der Waals surface area (Å²) < 4.78 is 0. The molecule has 8 heteroatoms. The van der Waals surface area contributed by atoms with E-state index in [2.05, 4.69) is 68.1 Å². The van der Waals surface area contributed by atoms with E-state index in [1.807, 2.05) is 48.5 Å². The van der Waals surface area contributed by atoms with E-state index in [1.165, 1.54) is 5.56 Å². The first-order chi connectivity index (χ1) is 18.1. The van der Waals surface area contributed by atoms with Crippen molar-refractivity contribution in [3.05, 3.63) is 96.2 Å². The monoisotopic (exact) mass is 494 g/mol. The van der Waals surface area contributed by atoms with Crippen LogP contribution in [0.1, 0.15) is 11.1 Å². The molecule has 5 N–H and O–H groups in total. The summed E-state index contributed by atoms with van der Waals surface area (Å²) in [6.45, 7) is 5.33. The Labute approximate surface area is 218 Å². The van der Waals surface area contributed by atoms with Gasteiger partial charge in [0.2, 0.25) is 0 Å². The van der Waals surface area contributed by atoms with Gasteiger partial charge in [-0.15, -0.1) is 0 Å². The standard InChI is InChI=1S/C29H34N8/c1-36-15-17-37(18-16-36)27-13-12-25(30)28(35-27)32-21-23-9-5-10-24(19-23)34-26-11-6-14-31-29(26)33-20-22-7-3-2-4-8-22/h2-14,19,34H,15-18,20-21,30H2,1H3,(H,31,33)(H,32,35). The van der Waals surface area contributed by atoms with Crippen molar-refractivity contribution in [3.8, 4) is 0 Å². The normalized spacial score (nSPS) is 13.8. The van der Waals surface area contributed by atoms with Gasteiger partial charge < -0.3 is 31.5 Å². The van der Waals surface area contributed by atoms with Crippen LogP contribution < -0.4 is 26.6 Å². The van der Waals surface area contributed by atoms with Crippen LogP contribution in [0.3, 0.4) is 0 Å². The average molecular weight is 495 g/mol. The molecule has 1 fully saturated rings. The topological polar surface area (TPSA) is 94.4 Å². The van der Waals surface area contributed by atoms with Gasteiger partial charge in [0.05, 0.1) is 11.4 Å². The summed E-state index contributed by atoms with van der Waals surface area (Å²) in [6, 6.07) is 26.5. The highest BCUT2D eigenvalue weighted by Crippen LogP contribution is 2.26. The lowest BCUT2D eigenvalue weighted by molar-refractivity contribution is 0.312. The summed E-state index contributed by atoms with van der Waals surface area (Å²) in [5, 5.41) is 10.4. The third-order valence-electron chi connectivity index (χ3n) is 6.52. The fourth-order valence-electron chi connectivity index (χ4n) is 4.34. The van der Waals surface area contributed by atoms with E-state index < -0.39 is 0 Å². The SMILES string of the molecule is CN1CCN(c2ccc(N)c(NCc3cccc(Nc4cccnc4NCc4ccccc4)c3)n2)CC1. The molecule has 0 amide bonds. The van der Waals surface area contributed by atoms with E-state index in [9.17, 15) is 0 Å². The minimum atomic E-state index is 0.616. The van der Waals surface area contributed by atoms with Crippen molar-refractivity contribution >= 4 is 34.5 Å². The Balaban J connectivity index is 1.23. The molecule has 0 bridgehead atoms. The van der Waals surface area contributed by atoms with Crippen LogP contribution in [0, 0.1) is 0 Å². The number of anilines is 6. The number of rotatable bonds is 9. The number of nitrogens with one attached hydrogen (secondary N) is 3. The van der Waals surface area contributed by atoms with Crippen molar-refractivity contribution < 1.29 is 0 Å². The summed E-state index contributed by atoms with van der Waals surface area (Å²) in [5.41, 5.74) is 11.1. The zero-order valence-electron chi connectivity index (χ0n) is 21.2. The van der Waals surface area contributed by atoms with E-state index in [4.69, 9.17) is 10.7 Å². The van der Waals surface area contributed by atoms with Crippen LogP contribution >= 0.6 is 0 Å². The van der Waals surface area contributed by atoms with E-state index in [1.54, 1.807) is 6.20 Å². The summed E-state index contributed by atoms with van der Waals surface area (Å²) >= 11 is 0. The number of benzene rings is 2. The Morgan fingerprint density at radius 1 is 0.784 bits per heavy atom. The molecular formula is C29H34N8. The number of nitrogen functional groups attached to an aromatic ring is 1. The van der Waals surface area contributed by atoms with E-state index in [-0.39, 0.29) is 0 Å².